The molecule has 0 spiro atoms. The molecular formula is C22H14Br2IN. The average Bonchev–Trinajstić information content (AvgIpc) is 2.63. The van der Waals surface area contributed by atoms with Gasteiger partial charge in [-0.05, 0) is 63.1 Å². The minimum absolute atomic E-state index is 0.975. The Morgan fingerprint density at radius 2 is 1.54 bits per heavy atom. The lowest BCUT2D eigenvalue weighted by Crippen LogP contribution is -1.96. The van der Waals surface area contributed by atoms with Crippen molar-refractivity contribution in [2.75, 3.05) is 0 Å². The van der Waals surface area contributed by atoms with Gasteiger partial charge in [0.15, 0.2) is 0 Å². The van der Waals surface area contributed by atoms with E-state index in [1.165, 1.54) is 16.7 Å². The van der Waals surface area contributed by atoms with E-state index in [1.54, 1.807) is 0 Å². The lowest BCUT2D eigenvalue weighted by atomic mass is 9.98. The molecule has 1 heterocycles. The molecule has 1 aromatic heterocycles. The predicted molar refractivity (Wildman–Crippen MR) is 125 cm³/mol. The van der Waals surface area contributed by atoms with Crippen molar-refractivity contribution in [1.82, 2.24) is 4.98 Å². The van der Waals surface area contributed by atoms with Crippen LogP contribution < -0.4 is 0 Å². The Morgan fingerprint density at radius 1 is 0.846 bits per heavy atom. The fourth-order valence-electron chi connectivity index (χ4n) is 3.06. The summed E-state index contributed by atoms with van der Waals surface area (Å²) < 4.78 is 3.19. The van der Waals surface area contributed by atoms with E-state index in [0.717, 1.165) is 34.7 Å². The number of pyridine rings is 1. The quantitative estimate of drug-likeness (QED) is 0.220. The van der Waals surface area contributed by atoms with Gasteiger partial charge < -0.3 is 0 Å². The second-order valence-corrected chi connectivity index (χ2v) is 9.01. The van der Waals surface area contributed by atoms with Crippen molar-refractivity contribution in [3.63, 3.8) is 0 Å². The molecule has 0 amide bonds. The molecule has 0 aliphatic heterocycles. The van der Waals surface area contributed by atoms with Crippen molar-refractivity contribution < 1.29 is 0 Å². The second kappa shape index (κ2) is 7.41. The molecule has 0 saturated heterocycles. The maximum Gasteiger partial charge on any atom is 0.0859 e. The molecule has 26 heavy (non-hydrogen) atoms. The normalized spacial score (nSPS) is 11.1. The van der Waals surface area contributed by atoms with Crippen LogP contribution in [-0.4, -0.2) is 4.98 Å². The van der Waals surface area contributed by atoms with E-state index in [0.29, 0.717) is 0 Å². The number of nitrogens with zero attached hydrogens (tertiary/aromatic N) is 1. The van der Waals surface area contributed by atoms with Gasteiger partial charge in [-0.2, -0.15) is 0 Å². The zero-order valence-electron chi connectivity index (χ0n) is 13.9. The van der Waals surface area contributed by atoms with Crippen LogP contribution in [0.5, 0.6) is 0 Å². The number of hydrogen-bond donors (Lipinski definition) is 0. The summed E-state index contributed by atoms with van der Waals surface area (Å²) in [4.78, 5) is 5.03. The molecule has 0 atom stereocenters. The monoisotopic (exact) mass is 577 g/mol. The summed E-state index contributed by atoms with van der Waals surface area (Å²) in [5.41, 5.74) is 6.78. The number of rotatable bonds is 2. The first-order chi connectivity index (χ1) is 12.5. The van der Waals surface area contributed by atoms with Crippen molar-refractivity contribution in [3.8, 4) is 22.4 Å². The molecular weight excluding hydrogens is 565 g/mol. The maximum absolute atomic E-state index is 5.03. The van der Waals surface area contributed by atoms with Gasteiger partial charge >= 0.3 is 0 Å². The topological polar surface area (TPSA) is 12.9 Å². The summed E-state index contributed by atoms with van der Waals surface area (Å²) in [6.07, 6.45) is 0. The number of aromatic nitrogens is 1. The molecule has 0 saturated carbocycles. The molecule has 4 aromatic rings. The molecule has 4 heteroatoms. The van der Waals surface area contributed by atoms with Crippen molar-refractivity contribution >= 4 is 65.4 Å². The molecule has 0 aliphatic rings. The fraction of sp³-hybridized carbons (Fsp3) is 0.0455. The Labute approximate surface area is 183 Å². The Kier molecular flexibility index (Phi) is 5.17. The van der Waals surface area contributed by atoms with Crippen LogP contribution in [0.4, 0.5) is 0 Å². The zero-order chi connectivity index (χ0) is 18.3. The highest BCUT2D eigenvalue weighted by Gasteiger charge is 2.18. The van der Waals surface area contributed by atoms with Crippen molar-refractivity contribution in [2.24, 2.45) is 0 Å². The van der Waals surface area contributed by atoms with Gasteiger partial charge in [0, 0.05) is 29.0 Å². The highest BCUT2D eigenvalue weighted by atomic mass is 127. The number of halogens is 3. The van der Waals surface area contributed by atoms with E-state index in [-0.39, 0.29) is 0 Å². The highest BCUT2D eigenvalue weighted by molar-refractivity contribution is 14.1. The van der Waals surface area contributed by atoms with Gasteiger partial charge in [-0.3, -0.25) is 0 Å². The van der Waals surface area contributed by atoms with Crippen LogP contribution in [0, 0.1) is 10.5 Å². The molecule has 0 bridgehead atoms. The fourth-order valence-corrected chi connectivity index (χ4v) is 5.41. The summed E-state index contributed by atoms with van der Waals surface area (Å²) in [5, 5.41) is 1.14. The Bertz CT molecular complexity index is 1110. The third-order valence-corrected chi connectivity index (χ3v) is 6.45. The van der Waals surface area contributed by atoms with Gasteiger partial charge in [0.1, 0.15) is 0 Å². The summed E-state index contributed by atoms with van der Waals surface area (Å²) in [6, 6.07) is 23.3. The zero-order valence-corrected chi connectivity index (χ0v) is 19.3. The highest BCUT2D eigenvalue weighted by Crippen LogP contribution is 2.40. The molecule has 0 unspecified atom stereocenters. The van der Waals surface area contributed by atoms with Gasteiger partial charge in [-0.15, -0.1) is 0 Å². The van der Waals surface area contributed by atoms with Gasteiger partial charge in [-0.25, -0.2) is 4.98 Å². The van der Waals surface area contributed by atoms with Crippen molar-refractivity contribution in [2.45, 2.75) is 6.92 Å². The van der Waals surface area contributed by atoms with E-state index < -0.39 is 0 Å². The lowest BCUT2D eigenvalue weighted by Gasteiger charge is -2.15. The summed E-state index contributed by atoms with van der Waals surface area (Å²) in [6.45, 7) is 2.10. The predicted octanol–water partition coefficient (Wildman–Crippen LogP) is 8.01. The van der Waals surface area contributed by atoms with Crippen molar-refractivity contribution in [3.05, 3.63) is 84.8 Å². The molecule has 0 fully saturated rings. The average molecular weight is 579 g/mol. The van der Waals surface area contributed by atoms with Gasteiger partial charge in [0.05, 0.1) is 11.2 Å². The van der Waals surface area contributed by atoms with Crippen LogP contribution in [0.25, 0.3) is 33.3 Å². The van der Waals surface area contributed by atoms with Gasteiger partial charge in [0.25, 0.3) is 0 Å². The Balaban J connectivity index is 2.12. The molecule has 0 radical (unpaired) electrons. The lowest BCUT2D eigenvalue weighted by molar-refractivity contribution is 1.35. The Morgan fingerprint density at radius 3 is 2.23 bits per heavy atom. The summed E-state index contributed by atoms with van der Waals surface area (Å²) in [5.74, 6) is 0. The summed E-state index contributed by atoms with van der Waals surface area (Å²) in [7, 11) is 0. The minimum atomic E-state index is 0.975. The first kappa shape index (κ1) is 18.1. The third-order valence-electron chi connectivity index (χ3n) is 4.34. The van der Waals surface area contributed by atoms with Crippen LogP contribution in [0.2, 0.25) is 0 Å². The number of fused-ring (bicyclic) bond motifs is 1. The molecule has 4 rings (SSSR count). The van der Waals surface area contributed by atoms with Crippen LogP contribution in [-0.2, 0) is 0 Å². The standard InChI is InChI=1S/C22H14Br2IN/c1-13-7-9-15(10-8-13)21-20(25)19(14-5-3-2-4-6-14)17-11-16(23)12-18(24)22(17)26-21/h2-12H,1H3. The largest absolute Gasteiger partial charge is 0.245 e. The Hall–Kier alpha value is -1.24. The van der Waals surface area contributed by atoms with Crippen LogP contribution in [0.3, 0.4) is 0 Å². The second-order valence-electron chi connectivity index (χ2n) is 6.17. The SMILES string of the molecule is Cc1ccc(-c2nc3c(Br)cc(Br)cc3c(-c3ccccc3)c2I)cc1. The van der Waals surface area contributed by atoms with Crippen molar-refractivity contribution in [1.29, 1.82) is 0 Å². The van der Waals surface area contributed by atoms with Gasteiger partial charge in [0.2, 0.25) is 0 Å². The first-order valence-corrected chi connectivity index (χ1v) is 10.8. The minimum Gasteiger partial charge on any atom is -0.245 e. The maximum atomic E-state index is 5.03. The van der Waals surface area contributed by atoms with E-state index in [2.05, 4.69) is 122 Å². The van der Waals surface area contributed by atoms with E-state index in [9.17, 15) is 0 Å². The number of hydrogen-bond acceptors (Lipinski definition) is 1. The molecule has 0 N–H and O–H groups in total. The van der Waals surface area contributed by atoms with Gasteiger partial charge in [-0.1, -0.05) is 76.1 Å². The molecule has 128 valence electrons. The number of benzene rings is 3. The van der Waals surface area contributed by atoms with Crippen LogP contribution in [0.1, 0.15) is 5.56 Å². The van der Waals surface area contributed by atoms with E-state index >= 15 is 0 Å². The molecule has 1 nitrogen and oxygen atoms in total. The molecule has 3 aromatic carbocycles. The molecule has 0 aliphatic carbocycles. The van der Waals surface area contributed by atoms with E-state index in [4.69, 9.17) is 4.98 Å². The van der Waals surface area contributed by atoms with Crippen LogP contribution in [0.15, 0.2) is 75.7 Å². The first-order valence-electron chi connectivity index (χ1n) is 8.15. The summed E-state index contributed by atoms with van der Waals surface area (Å²) >= 11 is 9.76. The van der Waals surface area contributed by atoms with E-state index in [1.807, 2.05) is 6.07 Å². The number of aryl methyl sites for hydroxylation is 1. The van der Waals surface area contributed by atoms with Crippen LogP contribution >= 0.6 is 54.5 Å². The smallest absolute Gasteiger partial charge is 0.0859 e. The third kappa shape index (κ3) is 3.35.